The minimum atomic E-state index is -1.07. The van der Waals surface area contributed by atoms with Crippen LogP contribution in [-0.4, -0.2) is 52.3 Å². The molecule has 0 fully saturated rings. The molecule has 0 rings (SSSR count). The Balaban J connectivity index is 4.45. The average molecular weight is 318 g/mol. The summed E-state index contributed by atoms with van der Waals surface area (Å²) in [5.41, 5.74) is 0. The van der Waals surface area contributed by atoms with Crippen LogP contribution in [0, 0.1) is 0 Å². The summed E-state index contributed by atoms with van der Waals surface area (Å²) in [6.45, 7) is 8.13. The van der Waals surface area contributed by atoms with E-state index in [1.165, 1.54) is 12.8 Å². The number of carbonyl (C=O) groups excluding carboxylic acids is 1. The molecule has 0 aromatic carbocycles. The molecule has 0 radical (unpaired) electrons. The van der Waals surface area contributed by atoms with E-state index in [0.29, 0.717) is 0 Å². The molecule has 21 heavy (non-hydrogen) atoms. The number of thiol groups is 1. The van der Waals surface area contributed by atoms with E-state index in [2.05, 4.69) is 24.9 Å². The fourth-order valence-electron chi connectivity index (χ4n) is 1.99. The molecule has 0 saturated heterocycles. The molecule has 124 valence electrons. The number of rotatable bonds is 10. The van der Waals surface area contributed by atoms with Crippen LogP contribution in [0.3, 0.4) is 0 Å². The molecule has 1 amide bonds. The summed E-state index contributed by atoms with van der Waals surface area (Å²) >= 11 is 4.25. The minimum Gasteiger partial charge on any atom is -0.480 e. The van der Waals surface area contributed by atoms with E-state index < -0.39 is 16.8 Å². The van der Waals surface area contributed by atoms with Crippen LogP contribution in [0.25, 0.3) is 0 Å². The summed E-state index contributed by atoms with van der Waals surface area (Å²) in [4.78, 5) is 25.4. The standard InChI is InChI=1S/C15H30N2O3S/c1-6-7-8-9-10-17(5)11(2)13(18)16-12(14(19)20)15(3,4)21/h11-12,21H,6-10H2,1-5H3,(H,16,18)(H,19,20)/t11-,12-/m0/s1. The van der Waals surface area contributed by atoms with Crippen LogP contribution in [0.5, 0.6) is 0 Å². The molecular formula is C15H30N2O3S. The first-order chi connectivity index (χ1) is 9.61. The lowest BCUT2D eigenvalue weighted by Crippen LogP contribution is -2.55. The summed E-state index contributed by atoms with van der Waals surface area (Å²) in [6, 6.07) is -1.37. The number of amides is 1. The second-order valence-electron chi connectivity index (χ2n) is 6.15. The van der Waals surface area contributed by atoms with Crippen molar-refractivity contribution in [3.63, 3.8) is 0 Å². The average Bonchev–Trinajstić information content (AvgIpc) is 2.37. The molecule has 0 saturated carbocycles. The Morgan fingerprint density at radius 3 is 2.29 bits per heavy atom. The topological polar surface area (TPSA) is 69.6 Å². The molecule has 0 unspecified atom stereocenters. The van der Waals surface area contributed by atoms with Crippen LogP contribution in [-0.2, 0) is 9.59 Å². The molecule has 6 heteroatoms. The molecule has 0 aliphatic rings. The normalized spacial score (nSPS) is 14.8. The molecule has 0 aromatic rings. The molecule has 0 aliphatic heterocycles. The zero-order valence-corrected chi connectivity index (χ0v) is 14.7. The number of hydrogen-bond acceptors (Lipinski definition) is 4. The summed E-state index contributed by atoms with van der Waals surface area (Å²) < 4.78 is -0.819. The number of nitrogens with zero attached hydrogens (tertiary/aromatic N) is 1. The number of carbonyl (C=O) groups is 2. The maximum Gasteiger partial charge on any atom is 0.327 e. The van der Waals surface area contributed by atoms with Crippen molar-refractivity contribution in [1.82, 2.24) is 10.2 Å². The number of carboxylic acids is 1. The van der Waals surface area contributed by atoms with Crippen molar-refractivity contribution < 1.29 is 14.7 Å². The Kier molecular flexibility index (Phi) is 8.97. The molecule has 0 aliphatic carbocycles. The van der Waals surface area contributed by atoms with Crippen molar-refractivity contribution in [2.75, 3.05) is 13.6 Å². The van der Waals surface area contributed by atoms with Gasteiger partial charge in [-0.2, -0.15) is 12.6 Å². The molecule has 5 nitrogen and oxygen atoms in total. The molecule has 2 atom stereocenters. The highest BCUT2D eigenvalue weighted by molar-refractivity contribution is 7.81. The number of nitrogens with one attached hydrogen (secondary N) is 1. The zero-order chi connectivity index (χ0) is 16.6. The van der Waals surface area contributed by atoms with Crippen molar-refractivity contribution in [3.8, 4) is 0 Å². The maximum absolute atomic E-state index is 12.2. The molecule has 0 bridgehead atoms. The molecule has 0 heterocycles. The van der Waals surface area contributed by atoms with Gasteiger partial charge in [-0.05, 0) is 40.8 Å². The molecular weight excluding hydrogens is 288 g/mol. The Morgan fingerprint density at radius 2 is 1.86 bits per heavy atom. The number of aliphatic carboxylic acids is 1. The first-order valence-corrected chi connectivity index (χ1v) is 8.01. The molecule has 2 N–H and O–H groups in total. The summed E-state index contributed by atoms with van der Waals surface area (Å²) in [7, 11) is 1.89. The highest BCUT2D eigenvalue weighted by Gasteiger charge is 2.35. The van der Waals surface area contributed by atoms with Crippen LogP contribution in [0.4, 0.5) is 0 Å². The van der Waals surface area contributed by atoms with Crippen LogP contribution in [0.15, 0.2) is 0 Å². The van der Waals surface area contributed by atoms with Crippen LogP contribution < -0.4 is 5.32 Å². The van der Waals surface area contributed by atoms with Gasteiger partial charge in [-0.25, -0.2) is 4.79 Å². The second-order valence-corrected chi connectivity index (χ2v) is 7.30. The van der Waals surface area contributed by atoms with Gasteiger partial charge in [0.15, 0.2) is 0 Å². The third kappa shape index (κ3) is 7.71. The van der Waals surface area contributed by atoms with Gasteiger partial charge < -0.3 is 10.4 Å². The zero-order valence-electron chi connectivity index (χ0n) is 13.8. The van der Waals surface area contributed by atoms with Gasteiger partial charge in [-0.3, -0.25) is 9.69 Å². The summed E-state index contributed by atoms with van der Waals surface area (Å²) in [6.07, 6.45) is 4.57. The fourth-order valence-corrected chi connectivity index (χ4v) is 2.16. The lowest BCUT2D eigenvalue weighted by molar-refractivity contribution is -0.143. The van der Waals surface area contributed by atoms with Crippen molar-refractivity contribution in [2.24, 2.45) is 0 Å². The van der Waals surface area contributed by atoms with E-state index in [9.17, 15) is 14.7 Å². The Hall–Kier alpha value is -0.750. The van der Waals surface area contributed by atoms with E-state index >= 15 is 0 Å². The van der Waals surface area contributed by atoms with Gasteiger partial charge in [0.1, 0.15) is 6.04 Å². The van der Waals surface area contributed by atoms with Gasteiger partial charge in [0, 0.05) is 4.75 Å². The van der Waals surface area contributed by atoms with E-state index in [1.54, 1.807) is 20.8 Å². The predicted octanol–water partition coefficient (Wildman–Crippen LogP) is 2.16. The first kappa shape index (κ1) is 20.2. The SMILES string of the molecule is CCCCCCN(C)[C@@H](C)C(=O)N[C@@H](C(=O)O)C(C)(C)S. The van der Waals surface area contributed by atoms with Gasteiger partial charge in [0.2, 0.25) is 5.91 Å². The van der Waals surface area contributed by atoms with E-state index in [4.69, 9.17) is 0 Å². The van der Waals surface area contributed by atoms with Gasteiger partial charge in [-0.1, -0.05) is 26.2 Å². The van der Waals surface area contributed by atoms with Gasteiger partial charge in [-0.15, -0.1) is 0 Å². The minimum absolute atomic E-state index is 0.275. The Morgan fingerprint density at radius 1 is 1.29 bits per heavy atom. The first-order valence-electron chi connectivity index (χ1n) is 7.57. The number of unbranched alkanes of at least 4 members (excludes halogenated alkanes) is 3. The van der Waals surface area contributed by atoms with Crippen LogP contribution in [0.1, 0.15) is 53.4 Å². The lowest BCUT2D eigenvalue weighted by Gasteiger charge is -2.30. The highest BCUT2D eigenvalue weighted by Crippen LogP contribution is 2.18. The third-order valence-electron chi connectivity index (χ3n) is 3.64. The molecule has 0 aromatic heterocycles. The fraction of sp³-hybridized carbons (Fsp3) is 0.867. The smallest absolute Gasteiger partial charge is 0.327 e. The van der Waals surface area contributed by atoms with Crippen molar-refractivity contribution in [2.45, 2.75) is 70.2 Å². The quantitative estimate of drug-likeness (QED) is 0.426. The summed E-state index contributed by atoms with van der Waals surface area (Å²) in [5, 5.41) is 11.8. The van der Waals surface area contributed by atoms with Gasteiger partial charge >= 0.3 is 5.97 Å². The van der Waals surface area contributed by atoms with Crippen molar-refractivity contribution in [1.29, 1.82) is 0 Å². The highest BCUT2D eigenvalue weighted by atomic mass is 32.1. The maximum atomic E-state index is 12.2. The monoisotopic (exact) mass is 318 g/mol. The second kappa shape index (κ2) is 9.30. The Labute approximate surface area is 133 Å². The summed E-state index contributed by atoms with van der Waals surface area (Å²) in [5.74, 6) is -1.34. The van der Waals surface area contributed by atoms with E-state index in [1.807, 2.05) is 11.9 Å². The van der Waals surface area contributed by atoms with E-state index in [0.717, 1.165) is 19.4 Å². The predicted molar refractivity (Wildman–Crippen MR) is 88.9 cm³/mol. The lowest BCUT2D eigenvalue weighted by atomic mass is 10.0. The van der Waals surface area contributed by atoms with Gasteiger partial charge in [0.05, 0.1) is 6.04 Å². The van der Waals surface area contributed by atoms with Crippen LogP contribution >= 0.6 is 12.6 Å². The van der Waals surface area contributed by atoms with Crippen molar-refractivity contribution >= 4 is 24.5 Å². The number of likely N-dealkylation sites (N-methyl/N-ethyl adjacent to an activating group) is 1. The Bertz CT molecular complexity index is 342. The van der Waals surface area contributed by atoms with Gasteiger partial charge in [0.25, 0.3) is 0 Å². The van der Waals surface area contributed by atoms with Crippen molar-refractivity contribution in [3.05, 3.63) is 0 Å². The number of carboxylic acid groups (broad SMARTS) is 1. The van der Waals surface area contributed by atoms with E-state index in [-0.39, 0.29) is 11.9 Å². The van der Waals surface area contributed by atoms with Crippen LogP contribution in [0.2, 0.25) is 0 Å². The largest absolute Gasteiger partial charge is 0.480 e. The third-order valence-corrected chi connectivity index (χ3v) is 3.90. The molecule has 0 spiro atoms. The number of hydrogen-bond donors (Lipinski definition) is 3.